The molecule has 2 heterocycles. The summed E-state index contributed by atoms with van der Waals surface area (Å²) in [6, 6.07) is 13.8. The molecule has 1 spiro atoms. The Morgan fingerprint density at radius 3 is 2.61 bits per heavy atom. The van der Waals surface area contributed by atoms with E-state index in [0.717, 1.165) is 50.7 Å². The van der Waals surface area contributed by atoms with E-state index in [2.05, 4.69) is 34.5 Å². The molecule has 2 aliphatic rings. The predicted molar refractivity (Wildman–Crippen MR) is 121 cm³/mol. The van der Waals surface area contributed by atoms with Gasteiger partial charge in [-0.25, -0.2) is 4.79 Å². The largest absolute Gasteiger partial charge is 0.486 e. The number of carboxylic acid groups (broad SMARTS) is 1. The normalized spacial score (nSPS) is 18.0. The summed E-state index contributed by atoms with van der Waals surface area (Å²) in [4.78, 5) is 26.0. The maximum atomic E-state index is 12.9. The highest BCUT2D eigenvalue weighted by Crippen LogP contribution is 2.39. The molecule has 0 aliphatic carbocycles. The van der Waals surface area contributed by atoms with Gasteiger partial charge >= 0.3 is 5.97 Å². The first-order chi connectivity index (χ1) is 15.0. The summed E-state index contributed by atoms with van der Waals surface area (Å²) in [6.07, 6.45) is 5.61. The minimum atomic E-state index is -1.01. The van der Waals surface area contributed by atoms with Crippen LogP contribution in [-0.2, 0) is 11.2 Å². The molecule has 4 rings (SSSR count). The first-order valence-corrected chi connectivity index (χ1v) is 10.7. The SMILES string of the molecule is CNc1ccc(CCN2CCC3(CC2)CC(=O)c2cc(/C=C/C(=O)O)ccc2O3)cc1. The maximum Gasteiger partial charge on any atom is 0.328 e. The molecule has 2 N–H and O–H groups in total. The smallest absolute Gasteiger partial charge is 0.328 e. The van der Waals surface area contributed by atoms with Gasteiger partial charge in [0, 0.05) is 51.3 Å². The lowest BCUT2D eigenvalue weighted by atomic mass is 9.82. The van der Waals surface area contributed by atoms with Gasteiger partial charge in [0.05, 0.1) is 12.0 Å². The molecule has 0 unspecified atom stereocenters. The first-order valence-electron chi connectivity index (χ1n) is 10.7. The van der Waals surface area contributed by atoms with Crippen LogP contribution in [0, 0.1) is 0 Å². The number of hydrogen-bond acceptors (Lipinski definition) is 5. The van der Waals surface area contributed by atoms with Gasteiger partial charge in [-0.3, -0.25) is 4.79 Å². The Labute approximate surface area is 182 Å². The number of aliphatic carboxylic acids is 1. The monoisotopic (exact) mass is 420 g/mol. The molecule has 1 fully saturated rings. The van der Waals surface area contributed by atoms with Crippen LogP contribution >= 0.6 is 0 Å². The fourth-order valence-electron chi connectivity index (χ4n) is 4.37. The summed E-state index contributed by atoms with van der Waals surface area (Å²) >= 11 is 0. The van der Waals surface area contributed by atoms with E-state index in [1.807, 2.05) is 7.05 Å². The fraction of sp³-hybridized carbons (Fsp3) is 0.360. The summed E-state index contributed by atoms with van der Waals surface area (Å²) in [6.45, 7) is 2.83. The Morgan fingerprint density at radius 2 is 1.94 bits per heavy atom. The Kier molecular flexibility index (Phi) is 6.09. The van der Waals surface area contributed by atoms with Gasteiger partial charge in [0.25, 0.3) is 0 Å². The number of carbonyl (C=O) groups excluding carboxylic acids is 1. The number of carbonyl (C=O) groups is 2. The second-order valence-corrected chi connectivity index (χ2v) is 8.35. The van der Waals surface area contributed by atoms with Crippen molar-refractivity contribution in [2.45, 2.75) is 31.3 Å². The lowest BCUT2D eigenvalue weighted by molar-refractivity contribution is -0.131. The molecule has 31 heavy (non-hydrogen) atoms. The Balaban J connectivity index is 1.35. The molecule has 0 aromatic heterocycles. The van der Waals surface area contributed by atoms with Crippen LogP contribution in [0.3, 0.4) is 0 Å². The van der Waals surface area contributed by atoms with Gasteiger partial charge in [0.1, 0.15) is 11.4 Å². The van der Waals surface area contributed by atoms with Crippen LogP contribution in [0.4, 0.5) is 5.69 Å². The van der Waals surface area contributed by atoms with Crippen LogP contribution in [0.15, 0.2) is 48.5 Å². The zero-order valence-electron chi connectivity index (χ0n) is 17.8. The molecule has 1 saturated heterocycles. The Bertz CT molecular complexity index is 989. The van der Waals surface area contributed by atoms with E-state index < -0.39 is 11.6 Å². The van der Waals surface area contributed by atoms with Crippen LogP contribution < -0.4 is 10.1 Å². The molecular weight excluding hydrogens is 392 g/mol. The standard InChI is InChI=1S/C25H28N2O4/c1-26-20-6-2-18(3-7-20)10-13-27-14-11-25(12-15-27)17-22(28)21-16-19(5-9-24(29)30)4-8-23(21)31-25/h2-9,16,26H,10-15,17H2,1H3,(H,29,30)/b9-5+. The number of nitrogens with zero attached hydrogens (tertiary/aromatic N) is 1. The topological polar surface area (TPSA) is 78.9 Å². The van der Waals surface area contributed by atoms with E-state index in [1.165, 1.54) is 11.6 Å². The van der Waals surface area contributed by atoms with Crippen molar-refractivity contribution in [3.8, 4) is 5.75 Å². The number of piperidine rings is 1. The minimum absolute atomic E-state index is 0.0740. The van der Waals surface area contributed by atoms with Crippen molar-refractivity contribution in [3.63, 3.8) is 0 Å². The number of ketones is 1. The molecule has 162 valence electrons. The fourth-order valence-corrected chi connectivity index (χ4v) is 4.37. The molecule has 0 radical (unpaired) electrons. The summed E-state index contributed by atoms with van der Waals surface area (Å²) in [5, 5.41) is 11.9. The van der Waals surface area contributed by atoms with Gasteiger partial charge in [-0.15, -0.1) is 0 Å². The quantitative estimate of drug-likeness (QED) is 0.691. The van der Waals surface area contributed by atoms with Crippen LogP contribution in [-0.4, -0.2) is 54.0 Å². The molecule has 0 amide bonds. The van der Waals surface area contributed by atoms with E-state index in [-0.39, 0.29) is 5.78 Å². The number of rotatable bonds is 6. The van der Waals surface area contributed by atoms with Gasteiger partial charge in [0.2, 0.25) is 0 Å². The van der Waals surface area contributed by atoms with Crippen LogP contribution in [0.25, 0.3) is 6.08 Å². The molecule has 2 aromatic rings. The van der Waals surface area contributed by atoms with Gasteiger partial charge in [-0.1, -0.05) is 18.2 Å². The number of fused-ring (bicyclic) bond motifs is 1. The van der Waals surface area contributed by atoms with Crippen molar-refractivity contribution in [3.05, 3.63) is 65.2 Å². The van der Waals surface area contributed by atoms with E-state index in [4.69, 9.17) is 9.84 Å². The highest BCUT2D eigenvalue weighted by atomic mass is 16.5. The molecule has 2 aromatic carbocycles. The van der Waals surface area contributed by atoms with Gasteiger partial charge in [-0.2, -0.15) is 0 Å². The highest BCUT2D eigenvalue weighted by Gasteiger charge is 2.42. The third-order valence-corrected chi connectivity index (χ3v) is 6.26. The highest BCUT2D eigenvalue weighted by molar-refractivity contribution is 6.01. The van der Waals surface area contributed by atoms with Crippen molar-refractivity contribution in [1.82, 2.24) is 4.90 Å². The van der Waals surface area contributed by atoms with Crippen LogP contribution in [0.1, 0.15) is 40.7 Å². The van der Waals surface area contributed by atoms with Crippen LogP contribution in [0.2, 0.25) is 0 Å². The van der Waals surface area contributed by atoms with E-state index in [1.54, 1.807) is 18.2 Å². The summed E-state index contributed by atoms with van der Waals surface area (Å²) in [7, 11) is 1.92. The average molecular weight is 421 g/mol. The summed E-state index contributed by atoms with van der Waals surface area (Å²) in [5.74, 6) is -0.326. The van der Waals surface area contributed by atoms with E-state index >= 15 is 0 Å². The molecule has 0 bridgehead atoms. The van der Waals surface area contributed by atoms with Gasteiger partial charge < -0.3 is 20.1 Å². The average Bonchev–Trinajstić information content (AvgIpc) is 2.78. The van der Waals surface area contributed by atoms with Gasteiger partial charge in [0.15, 0.2) is 5.78 Å². The minimum Gasteiger partial charge on any atom is -0.486 e. The number of likely N-dealkylation sites (tertiary alicyclic amines) is 1. The van der Waals surface area contributed by atoms with Gasteiger partial charge in [-0.05, 0) is 47.9 Å². The lowest BCUT2D eigenvalue weighted by Gasteiger charge is -2.44. The second-order valence-electron chi connectivity index (χ2n) is 8.35. The molecule has 2 aliphatic heterocycles. The number of benzene rings is 2. The number of carboxylic acids is 1. The number of Topliss-reactive ketones (excluding diaryl/α,β-unsaturated/α-hetero) is 1. The number of anilines is 1. The van der Waals surface area contributed by atoms with Crippen molar-refractivity contribution in [2.75, 3.05) is 32.0 Å². The van der Waals surface area contributed by atoms with Crippen LogP contribution in [0.5, 0.6) is 5.75 Å². The van der Waals surface area contributed by atoms with Crippen molar-refractivity contribution in [2.24, 2.45) is 0 Å². The second kappa shape index (κ2) is 8.94. The number of nitrogens with one attached hydrogen (secondary N) is 1. The number of ether oxygens (including phenoxy) is 1. The molecule has 0 atom stereocenters. The molecule has 6 heteroatoms. The third kappa shape index (κ3) is 4.97. The van der Waals surface area contributed by atoms with Crippen molar-refractivity contribution in [1.29, 1.82) is 0 Å². The first kappa shape index (κ1) is 21.1. The zero-order valence-corrected chi connectivity index (χ0v) is 17.8. The zero-order chi connectivity index (χ0) is 21.8. The summed E-state index contributed by atoms with van der Waals surface area (Å²) in [5.41, 5.74) is 3.25. The third-order valence-electron chi connectivity index (χ3n) is 6.26. The summed E-state index contributed by atoms with van der Waals surface area (Å²) < 4.78 is 6.35. The number of hydrogen-bond donors (Lipinski definition) is 2. The molecular formula is C25H28N2O4. The van der Waals surface area contributed by atoms with E-state index in [9.17, 15) is 9.59 Å². The Hall–Kier alpha value is -3.12. The lowest BCUT2D eigenvalue weighted by Crippen LogP contribution is -2.51. The van der Waals surface area contributed by atoms with Crippen molar-refractivity contribution >= 4 is 23.5 Å². The maximum absolute atomic E-state index is 12.9. The molecule has 0 saturated carbocycles. The molecule has 6 nitrogen and oxygen atoms in total. The predicted octanol–water partition coefficient (Wildman–Crippen LogP) is 3.87. The Morgan fingerprint density at radius 1 is 1.19 bits per heavy atom. The van der Waals surface area contributed by atoms with Crippen molar-refractivity contribution < 1.29 is 19.4 Å². The van der Waals surface area contributed by atoms with E-state index in [0.29, 0.717) is 23.3 Å².